The number of carbonyl (C=O) groups excluding carboxylic acids is 2. The van der Waals surface area contributed by atoms with Crippen LogP contribution in [0.25, 0.3) is 0 Å². The summed E-state index contributed by atoms with van der Waals surface area (Å²) < 4.78 is 4.86. The molecule has 0 aliphatic heterocycles. The van der Waals surface area contributed by atoms with Crippen molar-refractivity contribution in [1.82, 2.24) is 5.32 Å². The quantitative estimate of drug-likeness (QED) is 0.262. The highest BCUT2D eigenvalue weighted by atomic mass is 16.5. The minimum atomic E-state index is -0.734. The highest BCUT2D eigenvalue weighted by Gasteiger charge is 2.26. The summed E-state index contributed by atoms with van der Waals surface area (Å²) in [5.41, 5.74) is 6.04. The van der Waals surface area contributed by atoms with Gasteiger partial charge >= 0.3 is 5.97 Å². The number of rotatable bonds is 9. The number of ether oxygens (including phenoxy) is 1. The van der Waals surface area contributed by atoms with E-state index in [-0.39, 0.29) is 11.3 Å². The Morgan fingerprint density at radius 1 is 1.12 bits per heavy atom. The highest BCUT2D eigenvalue weighted by Crippen LogP contribution is 2.40. The molecule has 0 aromatic heterocycles. The minimum Gasteiger partial charge on any atom is -0.467 e. The van der Waals surface area contributed by atoms with E-state index in [2.05, 4.69) is 45.2 Å². The molecule has 4 nitrogen and oxygen atoms in total. The molecule has 1 N–H and O–H groups in total. The van der Waals surface area contributed by atoms with Gasteiger partial charge in [0.15, 0.2) is 0 Å². The molecule has 0 unspecified atom stereocenters. The Kier molecular flexibility index (Phi) is 10.3. The highest BCUT2D eigenvalue weighted by molar-refractivity contribution is 5.92. The molecule has 182 valence electrons. The smallest absolute Gasteiger partial charge is 0.328 e. The van der Waals surface area contributed by atoms with Crippen molar-refractivity contribution >= 4 is 11.9 Å². The van der Waals surface area contributed by atoms with Crippen LogP contribution in [0.3, 0.4) is 0 Å². The molecule has 1 aliphatic carbocycles. The van der Waals surface area contributed by atoms with Gasteiger partial charge < -0.3 is 10.1 Å². The number of allylic oxidation sites excluding steroid dienone is 9. The van der Waals surface area contributed by atoms with Crippen molar-refractivity contribution in [2.45, 2.75) is 66.3 Å². The molecule has 0 spiro atoms. The predicted molar refractivity (Wildman–Crippen MR) is 140 cm³/mol. The molecular weight excluding hydrogens is 422 g/mol. The van der Waals surface area contributed by atoms with Crippen LogP contribution >= 0.6 is 0 Å². The molecule has 1 atom stereocenters. The summed E-state index contributed by atoms with van der Waals surface area (Å²) in [6.45, 7) is 10.8. The fourth-order valence-corrected chi connectivity index (χ4v) is 4.29. The van der Waals surface area contributed by atoms with Gasteiger partial charge in [-0.2, -0.15) is 0 Å². The predicted octanol–water partition coefficient (Wildman–Crippen LogP) is 6.42. The molecule has 0 saturated heterocycles. The zero-order valence-corrected chi connectivity index (χ0v) is 21.5. The Morgan fingerprint density at radius 2 is 1.82 bits per heavy atom. The number of benzene rings is 1. The van der Waals surface area contributed by atoms with E-state index in [9.17, 15) is 9.59 Å². The van der Waals surface area contributed by atoms with Crippen LogP contribution in [0.2, 0.25) is 0 Å². The average Bonchev–Trinajstić information content (AvgIpc) is 2.78. The fourth-order valence-electron chi connectivity index (χ4n) is 4.29. The summed E-state index contributed by atoms with van der Waals surface area (Å²) in [4.78, 5) is 24.6. The van der Waals surface area contributed by atoms with E-state index in [1.807, 2.05) is 55.5 Å². The van der Waals surface area contributed by atoms with Crippen molar-refractivity contribution in [3.63, 3.8) is 0 Å². The fraction of sp³-hybridized carbons (Fsp3) is 0.400. The summed E-state index contributed by atoms with van der Waals surface area (Å²) in [5, 5.41) is 2.76. The van der Waals surface area contributed by atoms with E-state index in [1.54, 1.807) is 0 Å². The van der Waals surface area contributed by atoms with Crippen molar-refractivity contribution in [2.24, 2.45) is 5.41 Å². The second-order valence-corrected chi connectivity index (χ2v) is 9.70. The van der Waals surface area contributed by atoms with Gasteiger partial charge in [-0.25, -0.2) is 4.79 Å². The van der Waals surface area contributed by atoms with Gasteiger partial charge in [-0.05, 0) is 62.2 Å². The van der Waals surface area contributed by atoms with Crippen molar-refractivity contribution in [2.75, 3.05) is 7.11 Å². The van der Waals surface area contributed by atoms with E-state index in [0.717, 1.165) is 16.7 Å². The first-order valence-electron chi connectivity index (χ1n) is 12.0. The molecule has 0 saturated carbocycles. The van der Waals surface area contributed by atoms with Gasteiger partial charge in [0, 0.05) is 12.5 Å². The number of carbonyl (C=O) groups is 2. The molecule has 0 fully saturated rings. The zero-order valence-electron chi connectivity index (χ0n) is 21.5. The topological polar surface area (TPSA) is 55.4 Å². The van der Waals surface area contributed by atoms with Crippen LogP contribution in [0.1, 0.15) is 59.4 Å². The van der Waals surface area contributed by atoms with Gasteiger partial charge in [0.25, 0.3) is 0 Å². The largest absolute Gasteiger partial charge is 0.467 e. The van der Waals surface area contributed by atoms with Gasteiger partial charge in [0.2, 0.25) is 5.91 Å². The summed E-state index contributed by atoms with van der Waals surface area (Å²) in [5.74, 6) is -0.786. The maximum atomic E-state index is 12.5. The van der Waals surface area contributed by atoms with E-state index < -0.39 is 12.0 Å². The van der Waals surface area contributed by atoms with Crippen LogP contribution in [-0.2, 0) is 20.7 Å². The lowest BCUT2D eigenvalue weighted by Gasteiger charge is -2.32. The summed E-state index contributed by atoms with van der Waals surface area (Å²) >= 11 is 0. The lowest BCUT2D eigenvalue weighted by atomic mass is 9.72. The Labute approximate surface area is 205 Å². The maximum absolute atomic E-state index is 12.5. The van der Waals surface area contributed by atoms with E-state index in [0.29, 0.717) is 6.42 Å². The summed E-state index contributed by atoms with van der Waals surface area (Å²) in [6, 6.07) is 8.82. The SMILES string of the molecule is COC(=O)[C@H](Cc1ccccc1)NC(=O)/C=C(C)/C=C/C=C(C)/C=C/C1=C(C)CCCC1(C)C. The van der Waals surface area contributed by atoms with Crippen LogP contribution in [-0.4, -0.2) is 25.0 Å². The monoisotopic (exact) mass is 461 g/mol. The van der Waals surface area contributed by atoms with Crippen LogP contribution in [0.5, 0.6) is 0 Å². The number of hydrogen-bond acceptors (Lipinski definition) is 3. The molecular formula is C30H39NO3. The molecule has 1 aromatic carbocycles. The minimum absolute atomic E-state index is 0.226. The third-order valence-electron chi connectivity index (χ3n) is 6.22. The number of amides is 1. The lowest BCUT2D eigenvalue weighted by molar-refractivity contribution is -0.144. The molecule has 1 amide bonds. The first-order valence-corrected chi connectivity index (χ1v) is 12.0. The normalized spacial score (nSPS) is 17.8. The molecule has 4 heteroatoms. The Bertz CT molecular complexity index is 1010. The van der Waals surface area contributed by atoms with Gasteiger partial charge in [0.1, 0.15) is 6.04 Å². The number of nitrogens with one attached hydrogen (secondary N) is 1. The van der Waals surface area contributed by atoms with E-state index in [1.165, 1.54) is 43.6 Å². The van der Waals surface area contributed by atoms with Crippen molar-refractivity contribution < 1.29 is 14.3 Å². The maximum Gasteiger partial charge on any atom is 0.328 e. The Hall–Kier alpha value is -3.14. The molecule has 1 aliphatic rings. The third-order valence-corrected chi connectivity index (χ3v) is 6.22. The Morgan fingerprint density at radius 3 is 2.47 bits per heavy atom. The lowest BCUT2D eigenvalue weighted by Crippen LogP contribution is -2.42. The first kappa shape index (κ1) is 27.1. The summed E-state index contributed by atoms with van der Waals surface area (Å²) in [6.07, 6.45) is 15.8. The zero-order chi connectivity index (χ0) is 25.1. The Balaban J connectivity index is 1.99. The van der Waals surface area contributed by atoms with Gasteiger partial charge in [-0.3, -0.25) is 4.79 Å². The standard InChI is InChI=1S/C30H39NO3/c1-22(17-18-26-24(3)14-11-19-30(26,4)5)12-10-13-23(2)20-28(32)31-27(29(33)34-6)21-25-15-8-7-9-16-25/h7-10,12-13,15-18,20,27H,11,14,19,21H2,1-6H3,(H,31,32)/b13-10+,18-17+,22-12+,23-20+/t27-/m0/s1. The van der Waals surface area contributed by atoms with Crippen LogP contribution < -0.4 is 5.32 Å². The molecule has 1 aromatic rings. The summed E-state index contributed by atoms with van der Waals surface area (Å²) in [7, 11) is 1.33. The second-order valence-electron chi connectivity index (χ2n) is 9.70. The molecule has 2 rings (SSSR count). The second kappa shape index (κ2) is 12.9. The van der Waals surface area contributed by atoms with E-state index >= 15 is 0 Å². The van der Waals surface area contributed by atoms with Crippen LogP contribution in [0, 0.1) is 5.41 Å². The van der Waals surface area contributed by atoms with Gasteiger partial charge in [-0.15, -0.1) is 0 Å². The number of esters is 1. The van der Waals surface area contributed by atoms with Crippen molar-refractivity contribution in [1.29, 1.82) is 0 Å². The molecule has 0 heterocycles. The number of hydrogen-bond donors (Lipinski definition) is 1. The van der Waals surface area contributed by atoms with Crippen LogP contribution in [0.4, 0.5) is 0 Å². The van der Waals surface area contributed by atoms with Gasteiger partial charge in [0.05, 0.1) is 7.11 Å². The first-order chi connectivity index (χ1) is 16.1. The molecule has 0 bridgehead atoms. The molecule has 0 radical (unpaired) electrons. The average molecular weight is 462 g/mol. The van der Waals surface area contributed by atoms with E-state index in [4.69, 9.17) is 4.74 Å². The number of methoxy groups -OCH3 is 1. The third kappa shape index (κ3) is 8.66. The van der Waals surface area contributed by atoms with Gasteiger partial charge in [-0.1, -0.05) is 85.7 Å². The molecule has 34 heavy (non-hydrogen) atoms. The van der Waals surface area contributed by atoms with Crippen LogP contribution in [0.15, 0.2) is 89.1 Å². The van der Waals surface area contributed by atoms with Crippen molar-refractivity contribution in [3.8, 4) is 0 Å². The van der Waals surface area contributed by atoms with Crippen molar-refractivity contribution in [3.05, 3.63) is 94.6 Å².